The summed E-state index contributed by atoms with van der Waals surface area (Å²) in [5.74, 6) is 0. The zero-order valence-corrected chi connectivity index (χ0v) is 11.9. The molecular formula is C12H9Br2NO2. The van der Waals surface area contributed by atoms with Crippen LogP contribution in [0.4, 0.5) is 0 Å². The van der Waals surface area contributed by atoms with Gasteiger partial charge in [-0.05, 0) is 11.6 Å². The van der Waals surface area contributed by atoms with Crippen LogP contribution < -0.4 is 0 Å². The molecule has 0 radical (unpaired) electrons. The van der Waals surface area contributed by atoms with Crippen LogP contribution in [-0.2, 0) is 0 Å². The van der Waals surface area contributed by atoms with Crippen molar-refractivity contribution in [2.45, 2.75) is 9.65 Å². The summed E-state index contributed by atoms with van der Waals surface area (Å²) in [5.41, 5.74) is 1.75. The Balaban J connectivity index is 2.50. The van der Waals surface area contributed by atoms with E-state index in [4.69, 9.17) is 0 Å². The summed E-state index contributed by atoms with van der Waals surface area (Å²) in [6.07, 6.45) is 3.96. The predicted molar refractivity (Wildman–Crippen MR) is 74.7 cm³/mol. The van der Waals surface area contributed by atoms with Gasteiger partial charge >= 0.3 is 0 Å². The SMILES string of the molecule is O=[N+]([O-])C1=C(c2ccccc2)C=CC(Br)(Br)C1. The molecule has 0 bridgehead atoms. The van der Waals surface area contributed by atoms with Crippen LogP contribution in [0.2, 0.25) is 0 Å². The normalized spacial score (nSPS) is 18.2. The van der Waals surface area contributed by atoms with Crippen molar-refractivity contribution in [1.82, 2.24) is 0 Å². The molecule has 0 aliphatic heterocycles. The number of rotatable bonds is 2. The van der Waals surface area contributed by atoms with Crippen molar-refractivity contribution < 1.29 is 4.92 Å². The first-order chi connectivity index (χ1) is 7.99. The molecule has 1 aromatic rings. The van der Waals surface area contributed by atoms with Gasteiger partial charge < -0.3 is 0 Å². The van der Waals surface area contributed by atoms with Gasteiger partial charge in [0, 0.05) is 0 Å². The fourth-order valence-corrected chi connectivity index (χ4v) is 2.52. The van der Waals surface area contributed by atoms with E-state index in [9.17, 15) is 10.1 Å². The number of benzene rings is 1. The lowest BCUT2D eigenvalue weighted by molar-refractivity contribution is -0.426. The summed E-state index contributed by atoms with van der Waals surface area (Å²) < 4.78 is -0.513. The largest absolute Gasteiger partial charge is 0.259 e. The second kappa shape index (κ2) is 4.74. The highest BCUT2D eigenvalue weighted by Gasteiger charge is 2.33. The van der Waals surface area contributed by atoms with Crippen molar-refractivity contribution in [3.05, 3.63) is 63.9 Å². The van der Waals surface area contributed by atoms with Gasteiger partial charge in [0.25, 0.3) is 5.70 Å². The second-order valence-electron chi connectivity index (χ2n) is 3.75. The van der Waals surface area contributed by atoms with Crippen LogP contribution >= 0.6 is 31.9 Å². The molecule has 0 heterocycles. The van der Waals surface area contributed by atoms with Crippen LogP contribution in [-0.4, -0.2) is 8.16 Å². The lowest BCUT2D eigenvalue weighted by Gasteiger charge is -2.20. The molecule has 3 nitrogen and oxygen atoms in total. The molecule has 0 N–H and O–H groups in total. The zero-order valence-electron chi connectivity index (χ0n) is 8.77. The molecule has 0 saturated heterocycles. The van der Waals surface area contributed by atoms with Crippen LogP contribution in [0.15, 0.2) is 48.2 Å². The summed E-state index contributed by atoms with van der Waals surface area (Å²) in [6, 6.07) is 9.38. The van der Waals surface area contributed by atoms with Gasteiger partial charge in [0.1, 0.15) is 3.23 Å². The number of allylic oxidation sites excluding steroid dienone is 4. The minimum atomic E-state index is -0.513. The Morgan fingerprint density at radius 1 is 1.24 bits per heavy atom. The number of alkyl halides is 2. The van der Waals surface area contributed by atoms with Gasteiger partial charge in [0.2, 0.25) is 0 Å². The summed E-state index contributed by atoms with van der Waals surface area (Å²) in [5, 5.41) is 11.1. The molecule has 1 aromatic carbocycles. The standard InChI is InChI=1S/C12H9Br2NO2/c13-12(14)7-6-10(11(8-12)15(16)17)9-4-2-1-3-5-9/h1-7H,8H2. The highest BCUT2D eigenvalue weighted by atomic mass is 79.9. The highest BCUT2D eigenvalue weighted by Crippen LogP contribution is 2.41. The molecule has 0 amide bonds. The van der Waals surface area contributed by atoms with E-state index in [1.54, 1.807) is 6.08 Å². The molecule has 0 spiro atoms. The Bertz CT molecular complexity index is 506. The van der Waals surface area contributed by atoms with Gasteiger partial charge in [-0.3, -0.25) is 10.1 Å². The van der Waals surface area contributed by atoms with E-state index in [2.05, 4.69) is 31.9 Å². The van der Waals surface area contributed by atoms with Gasteiger partial charge in [0.15, 0.2) is 0 Å². The van der Waals surface area contributed by atoms with E-state index >= 15 is 0 Å². The molecule has 0 atom stereocenters. The maximum absolute atomic E-state index is 11.1. The Labute approximate surface area is 116 Å². The fraction of sp³-hybridized carbons (Fsp3) is 0.167. The second-order valence-corrected chi connectivity index (χ2v) is 7.65. The minimum absolute atomic E-state index is 0.215. The van der Waals surface area contributed by atoms with Crippen molar-refractivity contribution in [2.75, 3.05) is 0 Å². The highest BCUT2D eigenvalue weighted by molar-refractivity contribution is 9.25. The zero-order chi connectivity index (χ0) is 12.5. The summed E-state index contributed by atoms with van der Waals surface area (Å²) in [4.78, 5) is 10.8. The molecule has 0 aromatic heterocycles. The Morgan fingerprint density at radius 3 is 2.47 bits per heavy atom. The molecule has 1 aliphatic carbocycles. The molecule has 0 fully saturated rings. The third-order valence-electron chi connectivity index (χ3n) is 2.51. The Morgan fingerprint density at radius 2 is 1.88 bits per heavy atom. The van der Waals surface area contributed by atoms with Crippen LogP contribution in [0, 0.1) is 10.1 Å². The van der Waals surface area contributed by atoms with Crippen LogP contribution in [0.25, 0.3) is 5.57 Å². The van der Waals surface area contributed by atoms with E-state index in [1.807, 2.05) is 36.4 Å². The molecule has 0 unspecified atom stereocenters. The van der Waals surface area contributed by atoms with E-state index in [-0.39, 0.29) is 10.6 Å². The van der Waals surface area contributed by atoms with Crippen molar-refractivity contribution in [3.63, 3.8) is 0 Å². The smallest absolute Gasteiger partial charge is 0.256 e. The average molecular weight is 359 g/mol. The van der Waals surface area contributed by atoms with Crippen molar-refractivity contribution in [3.8, 4) is 0 Å². The molecule has 1 aliphatic rings. The van der Waals surface area contributed by atoms with Crippen molar-refractivity contribution >= 4 is 37.4 Å². The number of nitrogens with zero attached hydrogens (tertiary/aromatic N) is 1. The van der Waals surface area contributed by atoms with E-state index in [1.165, 1.54) is 0 Å². The Kier molecular flexibility index (Phi) is 3.49. The number of nitro groups is 1. The van der Waals surface area contributed by atoms with Crippen LogP contribution in [0.5, 0.6) is 0 Å². The summed E-state index contributed by atoms with van der Waals surface area (Å²) >= 11 is 6.78. The maximum Gasteiger partial charge on any atom is 0.256 e. The minimum Gasteiger partial charge on any atom is -0.259 e. The molecule has 2 rings (SSSR count). The summed E-state index contributed by atoms with van der Waals surface area (Å²) in [6.45, 7) is 0. The lowest BCUT2D eigenvalue weighted by atomic mass is 9.97. The van der Waals surface area contributed by atoms with Gasteiger partial charge in [-0.15, -0.1) is 0 Å². The molecular weight excluding hydrogens is 350 g/mol. The van der Waals surface area contributed by atoms with Crippen LogP contribution in [0.3, 0.4) is 0 Å². The number of hydrogen-bond acceptors (Lipinski definition) is 2. The van der Waals surface area contributed by atoms with E-state index in [0.717, 1.165) is 5.56 Å². The first-order valence-electron chi connectivity index (χ1n) is 5.00. The molecule has 0 saturated carbocycles. The Hall–Kier alpha value is -0.940. The molecule has 17 heavy (non-hydrogen) atoms. The lowest BCUT2D eigenvalue weighted by Crippen LogP contribution is -2.17. The third-order valence-corrected chi connectivity index (χ3v) is 3.60. The first kappa shape index (κ1) is 12.5. The maximum atomic E-state index is 11.1. The van der Waals surface area contributed by atoms with E-state index in [0.29, 0.717) is 12.0 Å². The molecule has 88 valence electrons. The van der Waals surface area contributed by atoms with E-state index < -0.39 is 3.23 Å². The average Bonchev–Trinajstić information content (AvgIpc) is 2.29. The quantitative estimate of drug-likeness (QED) is 0.453. The van der Waals surface area contributed by atoms with Crippen LogP contribution in [0.1, 0.15) is 12.0 Å². The first-order valence-corrected chi connectivity index (χ1v) is 6.58. The third kappa shape index (κ3) is 2.84. The van der Waals surface area contributed by atoms with Gasteiger partial charge in [0.05, 0.1) is 16.9 Å². The van der Waals surface area contributed by atoms with Crippen molar-refractivity contribution in [1.29, 1.82) is 0 Å². The van der Waals surface area contributed by atoms with Gasteiger partial charge in [-0.2, -0.15) is 0 Å². The van der Waals surface area contributed by atoms with Gasteiger partial charge in [-0.25, -0.2) is 0 Å². The monoisotopic (exact) mass is 357 g/mol. The fourth-order valence-electron chi connectivity index (χ4n) is 1.72. The number of halogens is 2. The predicted octanol–water partition coefficient (Wildman–Crippen LogP) is 4.12. The topological polar surface area (TPSA) is 43.1 Å². The van der Waals surface area contributed by atoms with Crippen molar-refractivity contribution in [2.24, 2.45) is 0 Å². The summed E-state index contributed by atoms with van der Waals surface area (Å²) in [7, 11) is 0. The van der Waals surface area contributed by atoms with Gasteiger partial charge in [-0.1, -0.05) is 68.3 Å². The molecule has 5 heteroatoms. The number of hydrogen-bond donors (Lipinski definition) is 0.